The van der Waals surface area contributed by atoms with E-state index in [1.54, 1.807) is 0 Å². The Morgan fingerprint density at radius 3 is 2.33 bits per heavy atom. The van der Waals surface area contributed by atoms with Crippen LogP contribution in [0.3, 0.4) is 0 Å². The highest BCUT2D eigenvalue weighted by atomic mass is 28.2. The first-order valence-electron chi connectivity index (χ1n) is 3.70. The molecule has 9 heavy (non-hydrogen) atoms. The van der Waals surface area contributed by atoms with Gasteiger partial charge in [-0.2, -0.15) is 0 Å². The Hall–Kier alpha value is 0.177. The lowest BCUT2D eigenvalue weighted by molar-refractivity contribution is 0.333. The predicted octanol–water partition coefficient (Wildman–Crippen LogP) is 2.06. The van der Waals surface area contributed by atoms with E-state index in [9.17, 15) is 0 Å². The summed E-state index contributed by atoms with van der Waals surface area (Å²) >= 11 is 0. The zero-order valence-electron chi connectivity index (χ0n) is 6.15. The van der Waals surface area contributed by atoms with Gasteiger partial charge in [-0.25, -0.2) is 0 Å². The summed E-state index contributed by atoms with van der Waals surface area (Å²) in [5, 5.41) is 0. The Kier molecular flexibility index (Phi) is 8.34. The van der Waals surface area contributed by atoms with E-state index in [0.29, 0.717) is 0 Å². The largest absolute Gasteiger partial charge is 0.419 e. The second kappa shape index (κ2) is 8.18. The summed E-state index contributed by atoms with van der Waals surface area (Å²) < 4.78 is 4.73. The Balaban J connectivity index is 2.60. The van der Waals surface area contributed by atoms with E-state index in [0.717, 1.165) is 6.61 Å². The molecule has 0 saturated heterocycles. The maximum atomic E-state index is 4.73. The SMILES string of the molecule is CCCCCCCO[Si]. The molecule has 0 atom stereocenters. The Morgan fingerprint density at radius 1 is 1.11 bits per heavy atom. The van der Waals surface area contributed by atoms with Crippen molar-refractivity contribution in [1.82, 2.24) is 0 Å². The summed E-state index contributed by atoms with van der Waals surface area (Å²) in [5.41, 5.74) is 0. The first-order valence-corrected chi connectivity index (χ1v) is 4.11. The normalized spacial score (nSPS) is 10.0. The second-order valence-electron chi connectivity index (χ2n) is 2.26. The first-order chi connectivity index (χ1) is 4.41. The lowest BCUT2D eigenvalue weighted by Crippen LogP contribution is -1.88. The van der Waals surface area contributed by atoms with Crippen molar-refractivity contribution in [3.05, 3.63) is 0 Å². The van der Waals surface area contributed by atoms with Crippen LogP contribution < -0.4 is 0 Å². The summed E-state index contributed by atoms with van der Waals surface area (Å²) in [6.45, 7) is 3.07. The zero-order valence-corrected chi connectivity index (χ0v) is 7.15. The van der Waals surface area contributed by atoms with E-state index in [1.807, 2.05) is 0 Å². The van der Waals surface area contributed by atoms with Gasteiger partial charge < -0.3 is 4.43 Å². The van der Waals surface area contributed by atoms with E-state index in [4.69, 9.17) is 4.43 Å². The van der Waals surface area contributed by atoms with Crippen LogP contribution in [0.15, 0.2) is 0 Å². The maximum Gasteiger partial charge on any atom is 0.246 e. The molecule has 0 N–H and O–H groups in total. The minimum Gasteiger partial charge on any atom is -0.419 e. The van der Waals surface area contributed by atoms with Gasteiger partial charge in [0.25, 0.3) is 0 Å². The van der Waals surface area contributed by atoms with Gasteiger partial charge in [-0.15, -0.1) is 0 Å². The lowest BCUT2D eigenvalue weighted by atomic mass is 10.2. The highest BCUT2D eigenvalue weighted by Gasteiger charge is 1.85. The van der Waals surface area contributed by atoms with Crippen molar-refractivity contribution in [2.75, 3.05) is 6.61 Å². The molecule has 3 radical (unpaired) electrons. The van der Waals surface area contributed by atoms with Crippen LogP contribution in [0.1, 0.15) is 39.0 Å². The van der Waals surface area contributed by atoms with E-state index < -0.39 is 0 Å². The van der Waals surface area contributed by atoms with Crippen LogP contribution in [0, 0.1) is 0 Å². The molecule has 0 aromatic carbocycles. The molecular weight excluding hydrogens is 128 g/mol. The maximum absolute atomic E-state index is 4.73. The molecular formula is C7H15OSi. The van der Waals surface area contributed by atoms with Crippen LogP contribution >= 0.6 is 0 Å². The van der Waals surface area contributed by atoms with Gasteiger partial charge in [0.1, 0.15) is 0 Å². The molecule has 0 aliphatic carbocycles. The van der Waals surface area contributed by atoms with Crippen molar-refractivity contribution in [3.63, 3.8) is 0 Å². The van der Waals surface area contributed by atoms with Crippen LogP contribution in [0.25, 0.3) is 0 Å². The molecule has 0 saturated carbocycles. The molecule has 0 unspecified atom stereocenters. The molecule has 1 nitrogen and oxygen atoms in total. The topological polar surface area (TPSA) is 9.23 Å². The average molecular weight is 143 g/mol. The zero-order chi connectivity index (χ0) is 6.95. The smallest absolute Gasteiger partial charge is 0.246 e. The van der Waals surface area contributed by atoms with Gasteiger partial charge in [0.05, 0.1) is 0 Å². The van der Waals surface area contributed by atoms with E-state index in [1.165, 1.54) is 32.1 Å². The minimum atomic E-state index is 0.848. The fraction of sp³-hybridized carbons (Fsp3) is 1.00. The van der Waals surface area contributed by atoms with Gasteiger partial charge in [-0.05, 0) is 6.42 Å². The molecule has 0 spiro atoms. The van der Waals surface area contributed by atoms with Crippen LogP contribution in [0.4, 0.5) is 0 Å². The third kappa shape index (κ3) is 8.18. The first kappa shape index (κ1) is 9.18. The second-order valence-corrected chi connectivity index (χ2v) is 2.55. The van der Waals surface area contributed by atoms with Crippen molar-refractivity contribution < 1.29 is 4.43 Å². The standard InChI is InChI=1S/C7H15OSi/c1-2-3-4-5-6-7-8-9/h2-7H2,1H3. The van der Waals surface area contributed by atoms with Gasteiger partial charge in [0.15, 0.2) is 0 Å². The molecule has 0 aliphatic heterocycles. The number of unbranched alkanes of at least 4 members (excludes halogenated alkanes) is 4. The minimum absolute atomic E-state index is 0.848. The highest BCUT2D eigenvalue weighted by molar-refractivity contribution is 5.97. The van der Waals surface area contributed by atoms with Gasteiger partial charge in [0.2, 0.25) is 10.5 Å². The third-order valence-electron chi connectivity index (χ3n) is 1.35. The summed E-state index contributed by atoms with van der Waals surface area (Å²) in [7, 11) is 2.96. The van der Waals surface area contributed by atoms with Crippen molar-refractivity contribution in [2.24, 2.45) is 0 Å². The molecule has 0 heterocycles. The van der Waals surface area contributed by atoms with Gasteiger partial charge in [-0.3, -0.25) is 0 Å². The molecule has 0 rings (SSSR count). The Morgan fingerprint density at radius 2 is 1.78 bits per heavy atom. The summed E-state index contributed by atoms with van der Waals surface area (Å²) in [6.07, 6.45) is 6.52. The van der Waals surface area contributed by atoms with E-state index in [-0.39, 0.29) is 0 Å². The molecule has 53 valence electrons. The molecule has 0 bridgehead atoms. The molecule has 2 heteroatoms. The van der Waals surface area contributed by atoms with Crippen molar-refractivity contribution in [1.29, 1.82) is 0 Å². The predicted molar refractivity (Wildman–Crippen MR) is 40.5 cm³/mol. The third-order valence-corrected chi connectivity index (χ3v) is 1.55. The van der Waals surface area contributed by atoms with Crippen molar-refractivity contribution in [3.8, 4) is 0 Å². The van der Waals surface area contributed by atoms with Crippen molar-refractivity contribution in [2.45, 2.75) is 39.0 Å². The van der Waals surface area contributed by atoms with Crippen molar-refractivity contribution >= 4 is 10.5 Å². The summed E-state index contributed by atoms with van der Waals surface area (Å²) in [4.78, 5) is 0. The lowest BCUT2D eigenvalue weighted by Gasteiger charge is -1.97. The number of hydrogen-bond acceptors (Lipinski definition) is 1. The number of rotatable bonds is 6. The monoisotopic (exact) mass is 143 g/mol. The summed E-state index contributed by atoms with van der Waals surface area (Å²) in [5.74, 6) is 0. The van der Waals surface area contributed by atoms with Gasteiger partial charge in [-0.1, -0.05) is 32.6 Å². The molecule has 0 aliphatic rings. The van der Waals surface area contributed by atoms with Crippen LogP contribution in [-0.4, -0.2) is 17.1 Å². The Bertz CT molecular complexity index is 42.2. The van der Waals surface area contributed by atoms with E-state index in [2.05, 4.69) is 17.4 Å². The van der Waals surface area contributed by atoms with Gasteiger partial charge in [0, 0.05) is 6.61 Å². The summed E-state index contributed by atoms with van der Waals surface area (Å²) in [6, 6.07) is 0. The highest BCUT2D eigenvalue weighted by Crippen LogP contribution is 2.01. The molecule has 0 aromatic rings. The quantitative estimate of drug-likeness (QED) is 0.408. The Labute approximate surface area is 61.3 Å². The molecule has 0 fully saturated rings. The average Bonchev–Trinajstić information content (AvgIpc) is 1.89. The fourth-order valence-electron chi connectivity index (χ4n) is 0.778. The van der Waals surface area contributed by atoms with Crippen LogP contribution in [-0.2, 0) is 4.43 Å². The van der Waals surface area contributed by atoms with Crippen LogP contribution in [0.5, 0.6) is 0 Å². The molecule has 0 aromatic heterocycles. The van der Waals surface area contributed by atoms with Crippen LogP contribution in [0.2, 0.25) is 0 Å². The van der Waals surface area contributed by atoms with Gasteiger partial charge >= 0.3 is 0 Å². The van der Waals surface area contributed by atoms with E-state index >= 15 is 0 Å². The fourth-order valence-corrected chi connectivity index (χ4v) is 0.922. The number of hydrogen-bond donors (Lipinski definition) is 0. The molecule has 0 amide bonds.